The number of hydrogen-bond donors (Lipinski definition) is 1. The van der Waals surface area contributed by atoms with Gasteiger partial charge in [-0.2, -0.15) is 0 Å². The van der Waals surface area contributed by atoms with Gasteiger partial charge in [-0.1, -0.05) is 50.7 Å². The third kappa shape index (κ3) is 4.41. The molecule has 0 aromatic heterocycles. The van der Waals surface area contributed by atoms with Gasteiger partial charge in [0.05, 0.1) is 6.10 Å². The first-order valence-corrected chi connectivity index (χ1v) is 7.16. The second-order valence-corrected chi connectivity index (χ2v) is 5.58. The molecule has 1 nitrogen and oxygen atoms in total. The van der Waals surface area contributed by atoms with Crippen molar-refractivity contribution < 1.29 is 9.50 Å². The Morgan fingerprint density at radius 1 is 1.06 bits per heavy atom. The Kier molecular flexibility index (Phi) is 5.18. The van der Waals surface area contributed by atoms with Gasteiger partial charge in [-0.25, -0.2) is 4.39 Å². The molecule has 1 unspecified atom stereocenters. The van der Waals surface area contributed by atoms with Gasteiger partial charge in [-0.15, -0.1) is 0 Å². The normalized spacial score (nSPS) is 19.4. The summed E-state index contributed by atoms with van der Waals surface area (Å²) < 4.78 is 12.8. The van der Waals surface area contributed by atoms with Gasteiger partial charge in [0.1, 0.15) is 5.82 Å². The van der Waals surface area contributed by atoms with Gasteiger partial charge in [-0.05, 0) is 36.5 Å². The zero-order valence-corrected chi connectivity index (χ0v) is 10.9. The van der Waals surface area contributed by atoms with Crippen molar-refractivity contribution in [3.63, 3.8) is 0 Å². The van der Waals surface area contributed by atoms with Crippen LogP contribution in [0.15, 0.2) is 24.3 Å². The third-order valence-electron chi connectivity index (χ3n) is 3.96. The van der Waals surface area contributed by atoms with Crippen molar-refractivity contribution in [1.82, 2.24) is 0 Å². The van der Waals surface area contributed by atoms with E-state index in [9.17, 15) is 9.50 Å². The topological polar surface area (TPSA) is 20.2 Å². The summed E-state index contributed by atoms with van der Waals surface area (Å²) in [6.45, 7) is 0. The van der Waals surface area contributed by atoms with E-state index < -0.39 is 0 Å². The standard InChI is InChI=1S/C16H23FO/c17-15-9-7-14(8-10-15)12-16(18)11-13-5-3-1-2-4-6-13/h7-10,13,16,18H,1-6,11-12H2. The highest BCUT2D eigenvalue weighted by Gasteiger charge is 2.16. The Hall–Kier alpha value is -0.890. The van der Waals surface area contributed by atoms with E-state index in [0.717, 1.165) is 12.0 Å². The lowest BCUT2D eigenvalue weighted by atomic mass is 9.91. The first kappa shape index (κ1) is 13.5. The fourth-order valence-corrected chi connectivity index (χ4v) is 2.96. The maximum atomic E-state index is 12.8. The molecule has 0 bridgehead atoms. The smallest absolute Gasteiger partial charge is 0.123 e. The number of aliphatic hydroxyl groups excluding tert-OH is 1. The lowest BCUT2D eigenvalue weighted by Gasteiger charge is -2.18. The average molecular weight is 250 g/mol. The Bertz CT molecular complexity index is 339. The lowest BCUT2D eigenvalue weighted by molar-refractivity contribution is 0.137. The van der Waals surface area contributed by atoms with Crippen LogP contribution >= 0.6 is 0 Å². The largest absolute Gasteiger partial charge is 0.393 e. The molecular formula is C16H23FO. The SMILES string of the molecule is OC(Cc1ccc(F)cc1)CC1CCCCCC1. The number of halogens is 1. The number of rotatable bonds is 4. The van der Waals surface area contributed by atoms with Gasteiger partial charge in [0.2, 0.25) is 0 Å². The molecule has 1 aliphatic carbocycles. The van der Waals surface area contributed by atoms with Crippen molar-refractivity contribution in [3.05, 3.63) is 35.6 Å². The van der Waals surface area contributed by atoms with Crippen LogP contribution in [-0.2, 0) is 6.42 Å². The van der Waals surface area contributed by atoms with E-state index in [1.54, 1.807) is 12.1 Å². The highest BCUT2D eigenvalue weighted by molar-refractivity contribution is 5.16. The molecule has 2 rings (SSSR count). The van der Waals surface area contributed by atoms with E-state index in [1.807, 2.05) is 0 Å². The minimum absolute atomic E-state index is 0.211. The van der Waals surface area contributed by atoms with E-state index in [4.69, 9.17) is 0 Å². The van der Waals surface area contributed by atoms with E-state index in [-0.39, 0.29) is 11.9 Å². The minimum Gasteiger partial charge on any atom is -0.393 e. The Morgan fingerprint density at radius 2 is 1.67 bits per heavy atom. The molecule has 0 saturated heterocycles. The van der Waals surface area contributed by atoms with Crippen molar-refractivity contribution in [3.8, 4) is 0 Å². The van der Waals surface area contributed by atoms with Gasteiger partial charge in [0, 0.05) is 0 Å². The molecule has 1 aliphatic rings. The molecule has 2 heteroatoms. The quantitative estimate of drug-likeness (QED) is 0.798. The molecule has 0 radical (unpaired) electrons. The molecule has 1 saturated carbocycles. The second-order valence-electron chi connectivity index (χ2n) is 5.58. The molecule has 18 heavy (non-hydrogen) atoms. The predicted molar refractivity (Wildman–Crippen MR) is 71.9 cm³/mol. The van der Waals surface area contributed by atoms with Crippen LogP contribution in [0.3, 0.4) is 0 Å². The number of hydrogen-bond acceptors (Lipinski definition) is 1. The summed E-state index contributed by atoms with van der Waals surface area (Å²) in [7, 11) is 0. The zero-order valence-electron chi connectivity index (χ0n) is 10.9. The highest BCUT2D eigenvalue weighted by Crippen LogP contribution is 2.27. The summed E-state index contributed by atoms with van der Waals surface area (Å²) in [5.41, 5.74) is 1.03. The van der Waals surface area contributed by atoms with Crippen molar-refractivity contribution in [1.29, 1.82) is 0 Å². The van der Waals surface area contributed by atoms with Crippen LogP contribution in [0.25, 0.3) is 0 Å². The van der Waals surface area contributed by atoms with Crippen molar-refractivity contribution in [2.75, 3.05) is 0 Å². The van der Waals surface area contributed by atoms with E-state index >= 15 is 0 Å². The van der Waals surface area contributed by atoms with E-state index in [2.05, 4.69) is 0 Å². The Labute approximate surface area is 109 Å². The van der Waals surface area contributed by atoms with Crippen LogP contribution in [0.4, 0.5) is 4.39 Å². The van der Waals surface area contributed by atoms with Gasteiger partial charge >= 0.3 is 0 Å². The predicted octanol–water partition coefficient (Wildman–Crippen LogP) is 4.09. The molecule has 1 N–H and O–H groups in total. The molecular weight excluding hydrogens is 227 g/mol. The summed E-state index contributed by atoms with van der Waals surface area (Å²) >= 11 is 0. The molecule has 0 spiro atoms. The van der Waals surface area contributed by atoms with Gasteiger partial charge in [0.15, 0.2) is 0 Å². The van der Waals surface area contributed by atoms with Crippen LogP contribution in [0.2, 0.25) is 0 Å². The summed E-state index contributed by atoms with van der Waals surface area (Å²) in [4.78, 5) is 0. The number of benzene rings is 1. The number of aliphatic hydroxyl groups is 1. The first-order valence-electron chi connectivity index (χ1n) is 7.16. The van der Waals surface area contributed by atoms with Crippen molar-refractivity contribution in [2.24, 2.45) is 5.92 Å². The van der Waals surface area contributed by atoms with Gasteiger partial charge < -0.3 is 5.11 Å². The van der Waals surface area contributed by atoms with Gasteiger partial charge in [0.25, 0.3) is 0 Å². The fraction of sp³-hybridized carbons (Fsp3) is 0.625. The summed E-state index contributed by atoms with van der Waals surface area (Å²) in [6, 6.07) is 6.47. The summed E-state index contributed by atoms with van der Waals surface area (Å²) in [5, 5.41) is 10.1. The lowest BCUT2D eigenvalue weighted by Crippen LogP contribution is -2.16. The highest BCUT2D eigenvalue weighted by atomic mass is 19.1. The molecule has 0 aliphatic heterocycles. The first-order chi connectivity index (χ1) is 8.74. The maximum Gasteiger partial charge on any atom is 0.123 e. The molecule has 100 valence electrons. The van der Waals surface area contributed by atoms with Crippen LogP contribution in [0, 0.1) is 11.7 Å². The minimum atomic E-state index is -0.279. The Balaban J connectivity index is 1.80. The summed E-state index contributed by atoms with van der Waals surface area (Å²) in [5.74, 6) is 0.472. The van der Waals surface area contributed by atoms with Crippen LogP contribution in [-0.4, -0.2) is 11.2 Å². The van der Waals surface area contributed by atoms with Gasteiger partial charge in [-0.3, -0.25) is 0 Å². The maximum absolute atomic E-state index is 12.8. The monoisotopic (exact) mass is 250 g/mol. The zero-order chi connectivity index (χ0) is 12.8. The third-order valence-corrected chi connectivity index (χ3v) is 3.96. The average Bonchev–Trinajstić information content (AvgIpc) is 2.61. The molecule has 1 aromatic rings. The van der Waals surface area contributed by atoms with Crippen molar-refractivity contribution >= 4 is 0 Å². The molecule has 1 fully saturated rings. The summed E-state index contributed by atoms with van der Waals surface area (Å²) in [6.07, 6.45) is 9.13. The Morgan fingerprint density at radius 3 is 2.28 bits per heavy atom. The van der Waals surface area contributed by atoms with Crippen LogP contribution in [0.5, 0.6) is 0 Å². The van der Waals surface area contributed by atoms with Crippen LogP contribution < -0.4 is 0 Å². The van der Waals surface area contributed by atoms with E-state index in [1.165, 1.54) is 50.7 Å². The van der Waals surface area contributed by atoms with E-state index in [0.29, 0.717) is 12.3 Å². The fourth-order valence-electron chi connectivity index (χ4n) is 2.96. The molecule has 1 aromatic carbocycles. The van der Waals surface area contributed by atoms with Crippen LogP contribution in [0.1, 0.15) is 50.5 Å². The molecule has 0 amide bonds. The molecule has 0 heterocycles. The van der Waals surface area contributed by atoms with Crippen molar-refractivity contribution in [2.45, 2.75) is 57.5 Å². The second kappa shape index (κ2) is 6.89. The molecule has 1 atom stereocenters.